The van der Waals surface area contributed by atoms with Crippen molar-refractivity contribution < 1.29 is 19.4 Å². The summed E-state index contributed by atoms with van der Waals surface area (Å²) < 4.78 is 11.2. The number of nitrogens with two attached hydrogens (primary N) is 1. The maximum absolute atomic E-state index is 11.0. The van der Waals surface area contributed by atoms with Gasteiger partial charge in [-0.3, -0.25) is 0 Å². The number of nitrogens with zero attached hydrogens (tertiary/aromatic N) is 1. The molecule has 0 saturated heterocycles. The second-order valence-electron chi connectivity index (χ2n) is 6.77. The van der Waals surface area contributed by atoms with Crippen LogP contribution < -0.4 is 15.2 Å². The van der Waals surface area contributed by atoms with Crippen molar-refractivity contribution >= 4 is 23.0 Å². The Morgan fingerprint density at radius 3 is 2.45 bits per heavy atom. The van der Waals surface area contributed by atoms with Gasteiger partial charge in [-0.25, -0.2) is 9.78 Å². The topological polar surface area (TPSA) is 94.7 Å². The summed E-state index contributed by atoms with van der Waals surface area (Å²) in [5.74, 6) is 0.126. The number of aromatic nitrogens is 1. The first-order valence-corrected chi connectivity index (χ1v) is 10.4. The number of nitrogen functional groups attached to an aromatic ring is 1. The molecule has 0 fully saturated rings. The zero-order chi connectivity index (χ0) is 21.8. The van der Waals surface area contributed by atoms with E-state index in [9.17, 15) is 4.79 Å². The van der Waals surface area contributed by atoms with Crippen molar-refractivity contribution in [1.29, 1.82) is 0 Å². The SMILES string of the molecule is COc1ccc(-c2cc(-c3cccs3)nc(OCc3ccc(C(=O)O)cc3)c2N)cc1. The van der Waals surface area contributed by atoms with E-state index < -0.39 is 5.97 Å². The number of methoxy groups -OCH3 is 1. The van der Waals surface area contributed by atoms with Crippen molar-refractivity contribution in [3.63, 3.8) is 0 Å². The molecule has 2 aromatic carbocycles. The van der Waals surface area contributed by atoms with E-state index in [2.05, 4.69) is 4.98 Å². The van der Waals surface area contributed by atoms with Crippen LogP contribution in [-0.2, 0) is 6.61 Å². The van der Waals surface area contributed by atoms with Crippen molar-refractivity contribution in [2.75, 3.05) is 12.8 Å². The molecule has 4 aromatic rings. The van der Waals surface area contributed by atoms with Gasteiger partial charge in [0.2, 0.25) is 5.88 Å². The Morgan fingerprint density at radius 2 is 1.84 bits per heavy atom. The van der Waals surface area contributed by atoms with Gasteiger partial charge in [0.15, 0.2) is 0 Å². The number of pyridine rings is 1. The van der Waals surface area contributed by atoms with Crippen LogP contribution in [0.5, 0.6) is 11.6 Å². The van der Waals surface area contributed by atoms with Crippen molar-refractivity contribution in [2.45, 2.75) is 6.61 Å². The average Bonchev–Trinajstić information content (AvgIpc) is 3.34. The lowest BCUT2D eigenvalue weighted by molar-refractivity contribution is 0.0697. The molecule has 3 N–H and O–H groups in total. The third kappa shape index (κ3) is 4.51. The van der Waals surface area contributed by atoms with Crippen LogP contribution in [0.3, 0.4) is 0 Å². The molecular weight excluding hydrogens is 412 g/mol. The van der Waals surface area contributed by atoms with Crippen LogP contribution >= 0.6 is 11.3 Å². The summed E-state index contributed by atoms with van der Waals surface area (Å²) in [6.45, 7) is 0.215. The van der Waals surface area contributed by atoms with E-state index in [0.29, 0.717) is 11.6 Å². The third-order valence-electron chi connectivity index (χ3n) is 4.77. The normalized spacial score (nSPS) is 10.6. The lowest BCUT2D eigenvalue weighted by atomic mass is 10.0. The highest BCUT2D eigenvalue weighted by Crippen LogP contribution is 2.37. The second kappa shape index (κ2) is 8.89. The summed E-state index contributed by atoms with van der Waals surface area (Å²) in [6.07, 6.45) is 0. The van der Waals surface area contributed by atoms with Crippen LogP contribution in [-0.4, -0.2) is 23.2 Å². The van der Waals surface area contributed by atoms with Gasteiger partial charge >= 0.3 is 5.97 Å². The standard InChI is InChI=1S/C24H20N2O4S/c1-29-18-10-8-16(9-11-18)19-13-20(21-3-2-12-31-21)26-23(22(19)25)30-14-15-4-6-17(7-5-15)24(27)28/h2-13H,14,25H2,1H3,(H,27,28). The molecule has 2 aromatic heterocycles. The lowest BCUT2D eigenvalue weighted by Crippen LogP contribution is -2.04. The summed E-state index contributed by atoms with van der Waals surface area (Å²) in [7, 11) is 1.62. The number of anilines is 1. The monoisotopic (exact) mass is 432 g/mol. The molecule has 0 bridgehead atoms. The summed E-state index contributed by atoms with van der Waals surface area (Å²) in [5.41, 5.74) is 10.4. The van der Waals surface area contributed by atoms with Gasteiger partial charge in [0.05, 0.1) is 23.2 Å². The van der Waals surface area contributed by atoms with Gasteiger partial charge in [0.25, 0.3) is 0 Å². The number of carboxylic acid groups (broad SMARTS) is 1. The maximum Gasteiger partial charge on any atom is 0.335 e. The van der Waals surface area contributed by atoms with Crippen LogP contribution in [0, 0.1) is 0 Å². The number of thiophene rings is 1. The third-order valence-corrected chi connectivity index (χ3v) is 5.67. The molecule has 0 aliphatic carbocycles. The van der Waals surface area contributed by atoms with Gasteiger partial charge < -0.3 is 20.3 Å². The minimum atomic E-state index is -0.967. The number of hydrogen-bond acceptors (Lipinski definition) is 6. The molecule has 31 heavy (non-hydrogen) atoms. The Hall–Kier alpha value is -3.84. The van der Waals surface area contributed by atoms with E-state index in [4.69, 9.17) is 20.3 Å². The van der Waals surface area contributed by atoms with E-state index in [-0.39, 0.29) is 12.2 Å². The first-order chi connectivity index (χ1) is 15.0. The molecule has 0 atom stereocenters. The van der Waals surface area contributed by atoms with Crippen LogP contribution in [0.15, 0.2) is 72.1 Å². The highest BCUT2D eigenvalue weighted by atomic mass is 32.1. The van der Waals surface area contributed by atoms with Gasteiger partial charge in [-0.15, -0.1) is 11.3 Å². The molecule has 0 spiro atoms. The van der Waals surface area contributed by atoms with Gasteiger partial charge in [-0.05, 0) is 52.9 Å². The molecule has 0 unspecified atom stereocenters. The number of ether oxygens (including phenoxy) is 2. The van der Waals surface area contributed by atoms with Crippen molar-refractivity contribution in [3.8, 4) is 33.3 Å². The van der Waals surface area contributed by atoms with Crippen LogP contribution in [0.2, 0.25) is 0 Å². The molecular formula is C24H20N2O4S. The fourth-order valence-corrected chi connectivity index (χ4v) is 3.78. The zero-order valence-electron chi connectivity index (χ0n) is 16.7. The maximum atomic E-state index is 11.0. The smallest absolute Gasteiger partial charge is 0.335 e. The molecule has 0 aliphatic heterocycles. The Balaban J connectivity index is 1.68. The van der Waals surface area contributed by atoms with Gasteiger partial charge in [0, 0.05) is 5.56 Å². The summed E-state index contributed by atoms with van der Waals surface area (Å²) in [6, 6.07) is 20.1. The largest absolute Gasteiger partial charge is 0.497 e. The Bertz CT molecular complexity index is 1190. The highest BCUT2D eigenvalue weighted by Gasteiger charge is 2.15. The quantitative estimate of drug-likeness (QED) is 0.409. The molecule has 0 saturated carbocycles. The molecule has 4 rings (SSSR count). The second-order valence-corrected chi connectivity index (χ2v) is 7.72. The van der Waals surface area contributed by atoms with E-state index >= 15 is 0 Å². The molecule has 0 radical (unpaired) electrons. The molecule has 2 heterocycles. The minimum Gasteiger partial charge on any atom is -0.497 e. The molecule has 0 aliphatic rings. The van der Waals surface area contributed by atoms with Crippen molar-refractivity contribution in [3.05, 3.63) is 83.2 Å². The predicted octanol–water partition coefficient (Wildman–Crippen LogP) is 5.35. The summed E-state index contributed by atoms with van der Waals surface area (Å²) in [4.78, 5) is 16.7. The van der Waals surface area contributed by atoms with Gasteiger partial charge in [-0.2, -0.15) is 0 Å². The lowest BCUT2D eigenvalue weighted by Gasteiger charge is -2.14. The first kappa shape index (κ1) is 20.4. The molecule has 0 amide bonds. The fourth-order valence-electron chi connectivity index (χ4n) is 3.10. The Morgan fingerprint density at radius 1 is 1.10 bits per heavy atom. The number of carbonyl (C=O) groups is 1. The van der Waals surface area contributed by atoms with E-state index in [1.165, 1.54) is 0 Å². The van der Waals surface area contributed by atoms with Crippen LogP contribution in [0.25, 0.3) is 21.7 Å². The molecule has 6 nitrogen and oxygen atoms in total. The number of hydrogen-bond donors (Lipinski definition) is 2. The van der Waals surface area contributed by atoms with E-state index in [0.717, 1.165) is 33.0 Å². The highest BCUT2D eigenvalue weighted by molar-refractivity contribution is 7.13. The van der Waals surface area contributed by atoms with Gasteiger partial charge in [0.1, 0.15) is 18.0 Å². The Kier molecular flexibility index (Phi) is 5.86. The fraction of sp³-hybridized carbons (Fsp3) is 0.0833. The van der Waals surface area contributed by atoms with Crippen LogP contribution in [0.4, 0.5) is 5.69 Å². The minimum absolute atomic E-state index is 0.215. The van der Waals surface area contributed by atoms with E-state index in [1.807, 2.05) is 47.8 Å². The molecule has 156 valence electrons. The van der Waals surface area contributed by atoms with Crippen molar-refractivity contribution in [2.24, 2.45) is 0 Å². The van der Waals surface area contributed by atoms with Crippen molar-refractivity contribution in [1.82, 2.24) is 4.98 Å². The summed E-state index contributed by atoms with van der Waals surface area (Å²) >= 11 is 1.58. The Labute approximate surface area is 183 Å². The average molecular weight is 433 g/mol. The number of rotatable bonds is 7. The zero-order valence-corrected chi connectivity index (χ0v) is 17.6. The van der Waals surface area contributed by atoms with Gasteiger partial charge in [-0.1, -0.05) is 30.3 Å². The number of aromatic carboxylic acids is 1. The first-order valence-electron chi connectivity index (χ1n) is 9.49. The summed E-state index contributed by atoms with van der Waals surface area (Å²) in [5, 5.41) is 11.0. The number of benzene rings is 2. The molecule has 7 heteroatoms. The van der Waals surface area contributed by atoms with Crippen LogP contribution in [0.1, 0.15) is 15.9 Å². The predicted molar refractivity (Wildman–Crippen MR) is 122 cm³/mol. The number of carboxylic acids is 1. The van der Waals surface area contributed by atoms with E-state index in [1.54, 1.807) is 42.7 Å².